The SMILES string of the molecule is CCOc1ccc(/C=C2/SC(=S)N([C@H](C)C(=O)O)C2=O)cc1OC. The zero-order valence-electron chi connectivity index (χ0n) is 13.4. The van der Waals surface area contributed by atoms with Crippen molar-refractivity contribution in [3.8, 4) is 11.5 Å². The van der Waals surface area contributed by atoms with Crippen molar-refractivity contribution in [2.24, 2.45) is 0 Å². The van der Waals surface area contributed by atoms with Crippen LogP contribution in [0.15, 0.2) is 23.1 Å². The highest BCUT2D eigenvalue weighted by Gasteiger charge is 2.38. The summed E-state index contributed by atoms with van der Waals surface area (Å²) >= 11 is 6.21. The third-order valence-corrected chi connectivity index (χ3v) is 4.68. The van der Waals surface area contributed by atoms with Crippen LogP contribution in [-0.4, -0.2) is 46.0 Å². The zero-order valence-corrected chi connectivity index (χ0v) is 15.1. The molecule has 1 fully saturated rings. The van der Waals surface area contributed by atoms with Crippen LogP contribution in [0.5, 0.6) is 11.5 Å². The predicted octanol–water partition coefficient (Wildman–Crippen LogP) is 2.77. The zero-order chi connectivity index (χ0) is 17.9. The van der Waals surface area contributed by atoms with E-state index in [1.807, 2.05) is 6.92 Å². The van der Waals surface area contributed by atoms with Crippen LogP contribution in [0, 0.1) is 0 Å². The van der Waals surface area contributed by atoms with Crippen molar-refractivity contribution in [1.29, 1.82) is 0 Å². The summed E-state index contributed by atoms with van der Waals surface area (Å²) in [6, 6.07) is 4.30. The molecular weight excluding hydrogens is 350 g/mol. The van der Waals surface area contributed by atoms with E-state index < -0.39 is 17.9 Å². The highest BCUT2D eigenvalue weighted by molar-refractivity contribution is 8.26. The lowest BCUT2D eigenvalue weighted by molar-refractivity contribution is -0.144. The van der Waals surface area contributed by atoms with Crippen molar-refractivity contribution in [2.45, 2.75) is 19.9 Å². The Bertz CT molecular complexity index is 716. The number of carbonyl (C=O) groups is 2. The lowest BCUT2D eigenvalue weighted by Crippen LogP contribution is -2.41. The van der Waals surface area contributed by atoms with E-state index in [9.17, 15) is 9.59 Å². The number of benzene rings is 1. The summed E-state index contributed by atoms with van der Waals surface area (Å²) in [7, 11) is 1.54. The van der Waals surface area contributed by atoms with Gasteiger partial charge in [-0.3, -0.25) is 9.69 Å². The van der Waals surface area contributed by atoms with Crippen molar-refractivity contribution >= 4 is 46.3 Å². The second-order valence-electron chi connectivity index (χ2n) is 4.91. The third-order valence-electron chi connectivity index (χ3n) is 3.35. The minimum Gasteiger partial charge on any atom is -0.493 e. The van der Waals surface area contributed by atoms with Gasteiger partial charge in [-0.25, -0.2) is 4.79 Å². The van der Waals surface area contributed by atoms with Crippen molar-refractivity contribution in [3.63, 3.8) is 0 Å². The molecule has 1 amide bonds. The van der Waals surface area contributed by atoms with E-state index in [-0.39, 0.29) is 4.32 Å². The Morgan fingerprint density at radius 2 is 2.17 bits per heavy atom. The molecule has 1 aliphatic rings. The lowest BCUT2D eigenvalue weighted by Gasteiger charge is -2.18. The van der Waals surface area contributed by atoms with Gasteiger partial charge in [-0.1, -0.05) is 30.0 Å². The smallest absolute Gasteiger partial charge is 0.326 e. The standard InChI is InChI=1S/C16H17NO5S2/c1-4-22-11-6-5-10(7-12(11)21-3)8-13-14(18)17(16(23)24-13)9(2)15(19)20/h5-9H,4H2,1-3H3,(H,19,20)/b13-8+/t9-/m1/s1. The molecule has 2 rings (SSSR count). The summed E-state index contributed by atoms with van der Waals surface area (Å²) in [6.45, 7) is 3.82. The number of carboxylic acid groups (broad SMARTS) is 1. The van der Waals surface area contributed by atoms with E-state index in [1.54, 1.807) is 24.3 Å². The Hall–Kier alpha value is -2.06. The first kappa shape index (κ1) is 18.3. The van der Waals surface area contributed by atoms with E-state index in [4.69, 9.17) is 26.8 Å². The summed E-state index contributed by atoms with van der Waals surface area (Å²) in [6.07, 6.45) is 1.66. The molecule has 1 saturated heterocycles. The Labute approximate surface area is 149 Å². The number of hydrogen-bond acceptors (Lipinski definition) is 6. The molecular formula is C16H17NO5S2. The molecule has 1 N–H and O–H groups in total. The highest BCUT2D eigenvalue weighted by atomic mass is 32.2. The topological polar surface area (TPSA) is 76.1 Å². The second kappa shape index (κ2) is 7.67. The van der Waals surface area contributed by atoms with Crippen molar-refractivity contribution < 1.29 is 24.2 Å². The van der Waals surface area contributed by atoms with Crippen molar-refractivity contribution in [3.05, 3.63) is 28.7 Å². The van der Waals surface area contributed by atoms with Crippen LogP contribution >= 0.6 is 24.0 Å². The van der Waals surface area contributed by atoms with Crippen LogP contribution in [0.25, 0.3) is 6.08 Å². The fourth-order valence-electron chi connectivity index (χ4n) is 2.12. The fraction of sp³-hybridized carbons (Fsp3) is 0.312. The van der Waals surface area contributed by atoms with E-state index in [0.29, 0.717) is 23.0 Å². The first-order chi connectivity index (χ1) is 11.4. The number of thioether (sulfide) groups is 1. The molecule has 1 aromatic rings. The summed E-state index contributed by atoms with van der Waals surface area (Å²) in [5.74, 6) is -0.341. The second-order valence-corrected chi connectivity index (χ2v) is 6.58. The van der Waals surface area contributed by atoms with Gasteiger partial charge in [0.2, 0.25) is 0 Å². The number of carbonyl (C=O) groups excluding carboxylic acids is 1. The first-order valence-corrected chi connectivity index (χ1v) is 8.42. The minimum atomic E-state index is -1.10. The molecule has 8 heteroatoms. The minimum absolute atomic E-state index is 0.235. The van der Waals surface area contributed by atoms with Gasteiger partial charge in [-0.05, 0) is 37.6 Å². The average Bonchev–Trinajstić information content (AvgIpc) is 2.82. The Balaban J connectivity index is 2.30. The van der Waals surface area contributed by atoms with Gasteiger partial charge in [0.15, 0.2) is 11.5 Å². The summed E-state index contributed by atoms with van der Waals surface area (Å²) in [5.41, 5.74) is 0.735. The number of hydrogen-bond donors (Lipinski definition) is 1. The molecule has 24 heavy (non-hydrogen) atoms. The Morgan fingerprint density at radius 1 is 1.46 bits per heavy atom. The molecule has 6 nitrogen and oxygen atoms in total. The summed E-state index contributed by atoms with van der Waals surface area (Å²) < 4.78 is 11.0. The monoisotopic (exact) mass is 367 g/mol. The number of aliphatic carboxylic acids is 1. The fourth-order valence-corrected chi connectivity index (χ4v) is 3.54. The average molecular weight is 367 g/mol. The van der Waals surface area contributed by atoms with Gasteiger partial charge >= 0.3 is 5.97 Å². The molecule has 128 valence electrons. The number of thiocarbonyl (C=S) groups is 1. The molecule has 1 heterocycles. The van der Waals surface area contributed by atoms with Gasteiger partial charge in [0.1, 0.15) is 10.4 Å². The van der Waals surface area contributed by atoms with Crippen LogP contribution in [0.4, 0.5) is 0 Å². The molecule has 1 aliphatic heterocycles. The third kappa shape index (κ3) is 3.70. The van der Waals surface area contributed by atoms with Gasteiger partial charge in [-0.15, -0.1) is 0 Å². The van der Waals surface area contributed by atoms with Crippen molar-refractivity contribution in [1.82, 2.24) is 4.90 Å². The van der Waals surface area contributed by atoms with Crippen LogP contribution in [0.2, 0.25) is 0 Å². The highest BCUT2D eigenvalue weighted by Crippen LogP contribution is 2.35. The Kier molecular flexibility index (Phi) is 5.84. The van der Waals surface area contributed by atoms with Gasteiger partial charge in [-0.2, -0.15) is 0 Å². The van der Waals surface area contributed by atoms with Crippen LogP contribution < -0.4 is 9.47 Å². The number of methoxy groups -OCH3 is 1. The normalized spacial score (nSPS) is 17.3. The van der Waals surface area contributed by atoms with Crippen molar-refractivity contribution in [2.75, 3.05) is 13.7 Å². The summed E-state index contributed by atoms with van der Waals surface area (Å²) in [5, 5.41) is 9.09. The summed E-state index contributed by atoms with van der Waals surface area (Å²) in [4.78, 5) is 25.0. The largest absolute Gasteiger partial charge is 0.493 e. The van der Waals surface area contributed by atoms with Gasteiger partial charge in [0.05, 0.1) is 18.6 Å². The molecule has 0 unspecified atom stereocenters. The molecule has 0 bridgehead atoms. The molecule has 0 aromatic heterocycles. The van der Waals surface area contributed by atoms with Gasteiger partial charge in [0, 0.05) is 0 Å². The Morgan fingerprint density at radius 3 is 2.75 bits per heavy atom. The molecule has 1 aromatic carbocycles. The molecule has 1 atom stereocenters. The van der Waals surface area contributed by atoms with Gasteiger partial charge < -0.3 is 14.6 Å². The molecule has 0 spiro atoms. The van der Waals surface area contributed by atoms with Gasteiger partial charge in [0.25, 0.3) is 5.91 Å². The van der Waals surface area contributed by atoms with Crippen LogP contribution in [0.1, 0.15) is 19.4 Å². The lowest BCUT2D eigenvalue weighted by atomic mass is 10.1. The number of ether oxygens (including phenoxy) is 2. The quantitative estimate of drug-likeness (QED) is 0.612. The maximum Gasteiger partial charge on any atom is 0.326 e. The van der Waals surface area contributed by atoms with Crippen LogP contribution in [0.3, 0.4) is 0 Å². The number of rotatable bonds is 6. The van der Waals surface area contributed by atoms with E-state index in [0.717, 1.165) is 22.2 Å². The van der Waals surface area contributed by atoms with E-state index in [1.165, 1.54) is 14.0 Å². The number of amides is 1. The predicted molar refractivity (Wildman–Crippen MR) is 96.3 cm³/mol. The maximum atomic E-state index is 12.4. The molecule has 0 aliphatic carbocycles. The van der Waals surface area contributed by atoms with E-state index >= 15 is 0 Å². The maximum absolute atomic E-state index is 12.4. The van der Waals surface area contributed by atoms with E-state index in [2.05, 4.69) is 0 Å². The number of carboxylic acids is 1. The molecule has 0 saturated carbocycles. The van der Waals surface area contributed by atoms with Crippen LogP contribution in [-0.2, 0) is 9.59 Å². The number of nitrogens with zero attached hydrogens (tertiary/aromatic N) is 1. The first-order valence-electron chi connectivity index (χ1n) is 7.19. The molecule has 0 radical (unpaired) electrons.